The molecule has 7 heteroatoms. The maximum absolute atomic E-state index is 12.2. The summed E-state index contributed by atoms with van der Waals surface area (Å²) in [6.07, 6.45) is 0. The van der Waals surface area contributed by atoms with Crippen molar-refractivity contribution in [1.82, 2.24) is 25.5 Å². The highest BCUT2D eigenvalue weighted by Crippen LogP contribution is 2.20. The maximum Gasteiger partial charge on any atom is 0.233 e. The molecule has 20 heavy (non-hydrogen) atoms. The summed E-state index contributed by atoms with van der Waals surface area (Å²) in [5.41, 5.74) is 1.08. The molecule has 0 radical (unpaired) electrons. The number of nitrogens with zero attached hydrogens (tertiary/aromatic N) is 4. The number of thioether (sulfide) groups is 1. The number of carbonyl (C=O) groups excluding carboxylic acids is 1. The van der Waals surface area contributed by atoms with Gasteiger partial charge in [0.2, 0.25) is 11.1 Å². The van der Waals surface area contributed by atoms with Crippen molar-refractivity contribution in [2.45, 2.75) is 30.3 Å². The van der Waals surface area contributed by atoms with Crippen LogP contribution >= 0.6 is 11.8 Å². The first-order valence-corrected chi connectivity index (χ1v) is 7.20. The maximum atomic E-state index is 12.2. The van der Waals surface area contributed by atoms with E-state index in [1.54, 1.807) is 11.7 Å². The fraction of sp³-hybridized carbons (Fsp3) is 0.385. The summed E-state index contributed by atoms with van der Waals surface area (Å²) < 4.78 is 1.55. The number of nitrogens with one attached hydrogen (secondary N) is 1. The van der Waals surface area contributed by atoms with Gasteiger partial charge >= 0.3 is 0 Å². The van der Waals surface area contributed by atoms with Gasteiger partial charge in [0.15, 0.2) is 0 Å². The van der Waals surface area contributed by atoms with Gasteiger partial charge in [0.05, 0.1) is 11.3 Å². The van der Waals surface area contributed by atoms with Crippen molar-refractivity contribution in [1.29, 1.82) is 0 Å². The van der Waals surface area contributed by atoms with Gasteiger partial charge in [-0.2, -0.15) is 0 Å². The van der Waals surface area contributed by atoms with Crippen molar-refractivity contribution in [2.24, 2.45) is 7.05 Å². The van der Waals surface area contributed by atoms with Gasteiger partial charge in [-0.05, 0) is 29.8 Å². The first-order chi connectivity index (χ1) is 9.58. The Balaban J connectivity index is 1.93. The number of rotatable bonds is 5. The lowest BCUT2D eigenvalue weighted by molar-refractivity contribution is -0.120. The van der Waals surface area contributed by atoms with Gasteiger partial charge in [-0.3, -0.25) is 4.79 Å². The molecule has 1 heterocycles. The molecule has 0 saturated carbocycles. The Bertz CT molecular complexity index is 571. The van der Waals surface area contributed by atoms with Gasteiger partial charge in [0, 0.05) is 7.05 Å². The second kappa shape index (κ2) is 6.51. The molecular weight excluding hydrogens is 274 g/mol. The van der Waals surface area contributed by atoms with Crippen LogP contribution in [-0.4, -0.2) is 31.4 Å². The smallest absolute Gasteiger partial charge is 0.233 e. The lowest BCUT2D eigenvalue weighted by Crippen LogP contribution is -2.33. The fourth-order valence-corrected chi connectivity index (χ4v) is 2.45. The Hall–Kier alpha value is -1.89. The second-order valence-corrected chi connectivity index (χ2v) is 5.79. The Labute approximate surface area is 121 Å². The summed E-state index contributed by atoms with van der Waals surface area (Å²) in [6, 6.07) is 9.84. The molecule has 2 rings (SSSR count). The van der Waals surface area contributed by atoms with Crippen LogP contribution in [0.5, 0.6) is 0 Å². The van der Waals surface area contributed by atoms with Gasteiger partial charge in [0.1, 0.15) is 0 Å². The summed E-state index contributed by atoms with van der Waals surface area (Å²) in [5, 5.41) is 14.5. The van der Waals surface area contributed by atoms with Crippen LogP contribution < -0.4 is 5.32 Å². The number of benzene rings is 1. The monoisotopic (exact) mass is 291 g/mol. The van der Waals surface area contributed by atoms with Crippen LogP contribution in [0.2, 0.25) is 0 Å². The highest BCUT2D eigenvalue weighted by atomic mass is 32.2. The molecular formula is C13H17N5OS. The summed E-state index contributed by atoms with van der Waals surface area (Å²) in [5.74, 6) is -0.0330. The van der Waals surface area contributed by atoms with E-state index in [1.807, 2.05) is 44.2 Å². The van der Waals surface area contributed by atoms with E-state index >= 15 is 0 Å². The van der Waals surface area contributed by atoms with Gasteiger partial charge in [0.25, 0.3) is 0 Å². The van der Waals surface area contributed by atoms with Crippen molar-refractivity contribution >= 4 is 17.7 Å². The number of hydrogen-bond donors (Lipinski definition) is 1. The Kier molecular flexibility index (Phi) is 4.73. The zero-order valence-electron chi connectivity index (χ0n) is 11.6. The van der Waals surface area contributed by atoms with Crippen molar-refractivity contribution < 1.29 is 4.79 Å². The van der Waals surface area contributed by atoms with Gasteiger partial charge in [-0.25, -0.2) is 4.68 Å². The Morgan fingerprint density at radius 3 is 2.60 bits per heavy atom. The molecule has 6 nitrogen and oxygen atoms in total. The molecule has 0 aliphatic carbocycles. The first-order valence-electron chi connectivity index (χ1n) is 6.32. The van der Waals surface area contributed by atoms with Crippen LogP contribution in [0.1, 0.15) is 25.5 Å². The average Bonchev–Trinajstić information content (AvgIpc) is 2.85. The predicted octanol–water partition coefficient (Wildman–Crippen LogP) is 1.57. The van der Waals surface area contributed by atoms with Crippen LogP contribution in [0.4, 0.5) is 0 Å². The molecule has 0 aliphatic heterocycles. The van der Waals surface area contributed by atoms with Crippen molar-refractivity contribution in [3.05, 3.63) is 35.9 Å². The largest absolute Gasteiger partial charge is 0.349 e. The molecule has 1 amide bonds. The zero-order chi connectivity index (χ0) is 14.5. The van der Waals surface area contributed by atoms with Crippen molar-refractivity contribution in [3.63, 3.8) is 0 Å². The number of aryl methyl sites for hydroxylation is 1. The lowest BCUT2D eigenvalue weighted by atomic mass is 10.1. The van der Waals surface area contributed by atoms with E-state index in [0.29, 0.717) is 5.16 Å². The fourth-order valence-electron chi connectivity index (χ4n) is 1.69. The SMILES string of the molecule is CC(Sc1nnnn1C)C(=O)NC(C)c1ccccc1. The zero-order valence-corrected chi connectivity index (χ0v) is 12.5. The Morgan fingerprint density at radius 1 is 1.30 bits per heavy atom. The number of hydrogen-bond acceptors (Lipinski definition) is 5. The minimum Gasteiger partial charge on any atom is -0.349 e. The summed E-state index contributed by atoms with van der Waals surface area (Å²) >= 11 is 1.34. The molecule has 2 atom stereocenters. The van der Waals surface area contributed by atoms with Gasteiger partial charge < -0.3 is 5.32 Å². The highest BCUT2D eigenvalue weighted by molar-refractivity contribution is 8.00. The van der Waals surface area contributed by atoms with E-state index in [-0.39, 0.29) is 17.2 Å². The minimum atomic E-state index is -0.258. The molecule has 0 aliphatic rings. The lowest BCUT2D eigenvalue weighted by Gasteiger charge is -2.17. The molecule has 1 aromatic carbocycles. The number of tetrazole rings is 1. The third kappa shape index (κ3) is 3.57. The third-order valence-corrected chi connectivity index (χ3v) is 4.02. The van der Waals surface area contributed by atoms with E-state index in [4.69, 9.17) is 0 Å². The summed E-state index contributed by atoms with van der Waals surface area (Å²) in [4.78, 5) is 12.2. The van der Waals surface area contributed by atoms with Crippen LogP contribution in [0.25, 0.3) is 0 Å². The van der Waals surface area contributed by atoms with E-state index in [2.05, 4.69) is 20.8 Å². The molecule has 2 unspecified atom stereocenters. The first kappa shape index (κ1) is 14.5. The molecule has 0 saturated heterocycles. The number of amides is 1. The summed E-state index contributed by atoms with van der Waals surface area (Å²) in [6.45, 7) is 3.81. The van der Waals surface area contributed by atoms with E-state index in [1.165, 1.54) is 11.8 Å². The van der Waals surface area contributed by atoms with Crippen LogP contribution in [0, 0.1) is 0 Å². The standard InChI is InChI=1S/C13H17N5OS/c1-9(11-7-5-4-6-8-11)14-12(19)10(2)20-13-15-16-17-18(13)3/h4-10H,1-3H3,(H,14,19). The summed E-state index contributed by atoms with van der Waals surface area (Å²) in [7, 11) is 1.75. The average molecular weight is 291 g/mol. The topological polar surface area (TPSA) is 72.7 Å². The van der Waals surface area contributed by atoms with Gasteiger partial charge in [-0.1, -0.05) is 42.1 Å². The van der Waals surface area contributed by atoms with Gasteiger partial charge in [-0.15, -0.1) is 5.10 Å². The molecule has 0 spiro atoms. The molecule has 0 bridgehead atoms. The highest BCUT2D eigenvalue weighted by Gasteiger charge is 2.19. The molecule has 1 aromatic heterocycles. The molecule has 0 fully saturated rings. The van der Waals surface area contributed by atoms with Crippen LogP contribution in [0.3, 0.4) is 0 Å². The van der Waals surface area contributed by atoms with E-state index < -0.39 is 0 Å². The minimum absolute atomic E-state index is 0.0237. The molecule has 1 N–H and O–H groups in total. The molecule has 2 aromatic rings. The van der Waals surface area contributed by atoms with Crippen molar-refractivity contribution in [2.75, 3.05) is 0 Å². The van der Waals surface area contributed by atoms with E-state index in [9.17, 15) is 4.79 Å². The van der Waals surface area contributed by atoms with E-state index in [0.717, 1.165) is 5.56 Å². The number of aromatic nitrogens is 4. The third-order valence-electron chi connectivity index (χ3n) is 2.89. The quantitative estimate of drug-likeness (QED) is 0.847. The number of carbonyl (C=O) groups is 1. The predicted molar refractivity (Wildman–Crippen MR) is 77.1 cm³/mol. The van der Waals surface area contributed by atoms with Crippen molar-refractivity contribution in [3.8, 4) is 0 Å². The molecule has 106 valence electrons. The Morgan fingerprint density at radius 2 is 2.00 bits per heavy atom. The van der Waals surface area contributed by atoms with Crippen LogP contribution in [0.15, 0.2) is 35.5 Å². The van der Waals surface area contributed by atoms with Crippen LogP contribution in [-0.2, 0) is 11.8 Å². The second-order valence-electron chi connectivity index (χ2n) is 4.49. The normalized spacial score (nSPS) is 13.8.